The Hall–Kier alpha value is -2.17. The van der Waals surface area contributed by atoms with E-state index in [0.717, 1.165) is 24.3 Å². The number of benzene rings is 1. The van der Waals surface area contributed by atoms with Crippen LogP contribution in [-0.2, 0) is 0 Å². The van der Waals surface area contributed by atoms with E-state index in [4.69, 9.17) is 0 Å². The molecule has 1 heterocycles. The number of nitrogens with one attached hydrogen (secondary N) is 2. The van der Waals surface area contributed by atoms with Crippen molar-refractivity contribution >= 4 is 17.3 Å². The van der Waals surface area contributed by atoms with Gasteiger partial charge in [-0.2, -0.15) is 0 Å². The van der Waals surface area contributed by atoms with E-state index in [9.17, 15) is 4.39 Å². The lowest BCUT2D eigenvalue weighted by Gasteiger charge is -2.12. The first-order valence-electron chi connectivity index (χ1n) is 6.72. The molecule has 0 bridgehead atoms. The van der Waals surface area contributed by atoms with Crippen molar-refractivity contribution in [3.63, 3.8) is 0 Å². The molecule has 0 aliphatic rings. The molecule has 1 aromatic heterocycles. The van der Waals surface area contributed by atoms with Crippen molar-refractivity contribution in [3.05, 3.63) is 41.5 Å². The second kappa shape index (κ2) is 6.32. The van der Waals surface area contributed by atoms with Gasteiger partial charge < -0.3 is 10.6 Å². The van der Waals surface area contributed by atoms with E-state index in [0.29, 0.717) is 17.3 Å². The van der Waals surface area contributed by atoms with E-state index in [1.165, 1.54) is 6.07 Å². The number of para-hydroxylation sites is 1. The average molecular weight is 274 g/mol. The molecule has 4 nitrogen and oxygen atoms in total. The Bertz CT molecular complexity index is 578. The molecule has 0 fully saturated rings. The van der Waals surface area contributed by atoms with Crippen LogP contribution in [-0.4, -0.2) is 16.5 Å². The van der Waals surface area contributed by atoms with Crippen LogP contribution in [0, 0.1) is 19.7 Å². The molecule has 0 aliphatic heterocycles. The summed E-state index contributed by atoms with van der Waals surface area (Å²) in [6, 6.07) is 6.76. The number of hydrogen-bond donors (Lipinski definition) is 2. The average Bonchev–Trinajstić information content (AvgIpc) is 2.40. The fourth-order valence-corrected chi connectivity index (χ4v) is 1.89. The molecule has 106 valence electrons. The molecule has 0 atom stereocenters. The Morgan fingerprint density at radius 1 is 1.15 bits per heavy atom. The molecular weight excluding hydrogens is 255 g/mol. The maximum atomic E-state index is 13.8. The number of nitrogens with zero attached hydrogens (tertiary/aromatic N) is 2. The first-order chi connectivity index (χ1) is 9.60. The van der Waals surface area contributed by atoms with Crippen LogP contribution in [0.3, 0.4) is 0 Å². The van der Waals surface area contributed by atoms with E-state index < -0.39 is 0 Å². The number of halogens is 1. The number of hydrogen-bond acceptors (Lipinski definition) is 4. The van der Waals surface area contributed by atoms with Gasteiger partial charge in [-0.05, 0) is 31.9 Å². The molecule has 0 saturated heterocycles. The van der Waals surface area contributed by atoms with E-state index in [-0.39, 0.29) is 5.82 Å². The normalized spacial score (nSPS) is 10.4. The standard InChI is InChI=1S/C15H19FN4/c1-4-8-17-13-9-14(19-11(3)18-13)20-15-10(2)6-5-7-12(15)16/h5-7,9H,4,8H2,1-3H3,(H2,17,18,19,20). The molecular formula is C15H19FN4. The summed E-state index contributed by atoms with van der Waals surface area (Å²) in [6.45, 7) is 6.60. The maximum Gasteiger partial charge on any atom is 0.146 e. The largest absolute Gasteiger partial charge is 0.370 e. The predicted molar refractivity (Wildman–Crippen MR) is 80.0 cm³/mol. The monoisotopic (exact) mass is 274 g/mol. The van der Waals surface area contributed by atoms with Crippen LogP contribution < -0.4 is 10.6 Å². The van der Waals surface area contributed by atoms with Gasteiger partial charge in [0.1, 0.15) is 23.3 Å². The lowest BCUT2D eigenvalue weighted by Crippen LogP contribution is -2.06. The van der Waals surface area contributed by atoms with Gasteiger partial charge in [-0.3, -0.25) is 0 Å². The molecule has 0 radical (unpaired) electrons. The van der Waals surface area contributed by atoms with Crippen molar-refractivity contribution < 1.29 is 4.39 Å². The van der Waals surface area contributed by atoms with E-state index >= 15 is 0 Å². The van der Waals surface area contributed by atoms with Crippen molar-refractivity contribution in [1.29, 1.82) is 0 Å². The molecule has 0 spiro atoms. The minimum absolute atomic E-state index is 0.288. The molecule has 0 saturated carbocycles. The van der Waals surface area contributed by atoms with E-state index in [1.807, 2.05) is 19.9 Å². The second-order valence-electron chi connectivity index (χ2n) is 4.67. The first-order valence-corrected chi connectivity index (χ1v) is 6.72. The van der Waals surface area contributed by atoms with Crippen LogP contribution in [0.25, 0.3) is 0 Å². The van der Waals surface area contributed by atoms with Crippen molar-refractivity contribution in [1.82, 2.24) is 9.97 Å². The van der Waals surface area contributed by atoms with Crippen molar-refractivity contribution in [2.45, 2.75) is 27.2 Å². The Balaban J connectivity index is 2.27. The summed E-state index contributed by atoms with van der Waals surface area (Å²) in [5, 5.41) is 6.24. The molecule has 0 aliphatic carbocycles. The summed E-state index contributed by atoms with van der Waals surface area (Å²) < 4.78 is 13.8. The SMILES string of the molecule is CCCNc1cc(Nc2c(C)cccc2F)nc(C)n1. The van der Waals surface area contributed by atoms with Gasteiger partial charge in [0.25, 0.3) is 0 Å². The second-order valence-corrected chi connectivity index (χ2v) is 4.67. The quantitative estimate of drug-likeness (QED) is 0.870. The van der Waals surface area contributed by atoms with Gasteiger partial charge in [-0.1, -0.05) is 19.1 Å². The Morgan fingerprint density at radius 3 is 2.60 bits per heavy atom. The van der Waals surface area contributed by atoms with Crippen LogP contribution in [0.1, 0.15) is 24.7 Å². The van der Waals surface area contributed by atoms with Crippen LogP contribution in [0.2, 0.25) is 0 Å². The zero-order chi connectivity index (χ0) is 14.5. The Labute approximate surface area is 118 Å². The number of aryl methyl sites for hydroxylation is 2. The van der Waals surface area contributed by atoms with Gasteiger partial charge >= 0.3 is 0 Å². The van der Waals surface area contributed by atoms with Gasteiger partial charge in [0.2, 0.25) is 0 Å². The molecule has 2 aromatic rings. The summed E-state index contributed by atoms with van der Waals surface area (Å²) in [5.41, 5.74) is 1.29. The Morgan fingerprint density at radius 2 is 1.90 bits per heavy atom. The van der Waals surface area contributed by atoms with E-state index in [1.54, 1.807) is 12.1 Å². The summed E-state index contributed by atoms with van der Waals surface area (Å²) in [6.07, 6.45) is 1.01. The summed E-state index contributed by atoms with van der Waals surface area (Å²) in [4.78, 5) is 8.59. The number of aromatic nitrogens is 2. The first kappa shape index (κ1) is 14.2. The lowest BCUT2D eigenvalue weighted by atomic mass is 10.2. The molecule has 20 heavy (non-hydrogen) atoms. The highest BCUT2D eigenvalue weighted by Gasteiger charge is 2.08. The van der Waals surface area contributed by atoms with Crippen molar-refractivity contribution in [2.24, 2.45) is 0 Å². The fraction of sp³-hybridized carbons (Fsp3) is 0.333. The number of rotatable bonds is 5. The molecule has 0 amide bonds. The zero-order valence-corrected chi connectivity index (χ0v) is 12.0. The molecule has 1 aromatic carbocycles. The highest BCUT2D eigenvalue weighted by atomic mass is 19.1. The summed E-state index contributed by atoms with van der Waals surface area (Å²) >= 11 is 0. The summed E-state index contributed by atoms with van der Waals surface area (Å²) in [5.74, 6) is 1.69. The highest BCUT2D eigenvalue weighted by molar-refractivity contribution is 5.63. The Kier molecular flexibility index (Phi) is 4.50. The predicted octanol–water partition coefficient (Wildman–Crippen LogP) is 3.80. The maximum absolute atomic E-state index is 13.8. The van der Waals surface area contributed by atoms with Gasteiger partial charge in [-0.15, -0.1) is 0 Å². The van der Waals surface area contributed by atoms with Crippen LogP contribution in [0.5, 0.6) is 0 Å². The van der Waals surface area contributed by atoms with Crippen LogP contribution in [0.15, 0.2) is 24.3 Å². The molecule has 2 rings (SSSR count). The molecule has 5 heteroatoms. The fourth-order valence-electron chi connectivity index (χ4n) is 1.89. The smallest absolute Gasteiger partial charge is 0.146 e. The third-order valence-corrected chi connectivity index (χ3v) is 2.87. The topological polar surface area (TPSA) is 49.8 Å². The van der Waals surface area contributed by atoms with Gasteiger partial charge in [0.15, 0.2) is 0 Å². The molecule has 2 N–H and O–H groups in total. The van der Waals surface area contributed by atoms with Crippen LogP contribution >= 0.6 is 0 Å². The van der Waals surface area contributed by atoms with Crippen molar-refractivity contribution in [2.75, 3.05) is 17.2 Å². The van der Waals surface area contributed by atoms with Gasteiger partial charge in [-0.25, -0.2) is 14.4 Å². The van der Waals surface area contributed by atoms with Crippen molar-refractivity contribution in [3.8, 4) is 0 Å². The third kappa shape index (κ3) is 3.44. The van der Waals surface area contributed by atoms with Gasteiger partial charge in [0, 0.05) is 12.6 Å². The lowest BCUT2D eigenvalue weighted by molar-refractivity contribution is 0.630. The highest BCUT2D eigenvalue weighted by Crippen LogP contribution is 2.23. The zero-order valence-electron chi connectivity index (χ0n) is 12.0. The molecule has 0 unspecified atom stereocenters. The summed E-state index contributed by atoms with van der Waals surface area (Å²) in [7, 11) is 0. The minimum atomic E-state index is -0.288. The minimum Gasteiger partial charge on any atom is -0.370 e. The van der Waals surface area contributed by atoms with E-state index in [2.05, 4.69) is 27.5 Å². The third-order valence-electron chi connectivity index (χ3n) is 2.87. The van der Waals surface area contributed by atoms with Gasteiger partial charge in [0.05, 0.1) is 5.69 Å². The van der Waals surface area contributed by atoms with Crippen LogP contribution in [0.4, 0.5) is 21.7 Å². The number of anilines is 3.